The molecule has 0 spiro atoms. The van der Waals surface area contributed by atoms with Gasteiger partial charge in [-0.1, -0.05) is 26.0 Å². The van der Waals surface area contributed by atoms with Crippen molar-refractivity contribution in [2.45, 2.75) is 26.4 Å². The standard InChI is InChI=1S/C21H28N4O3S/c1-3-19-18-9-8-17(13-20(18)24-23-19)28-11-10-22-14-21(26)15-6-5-7-16(12-15)25-29(27)4-2/h5-9,12-13,21-22,25-26H,3-4,10-11,14H2,1-2H3,(H,23,24)/t21-,29?/m0/s1. The second-order valence-electron chi connectivity index (χ2n) is 6.66. The summed E-state index contributed by atoms with van der Waals surface area (Å²) in [4.78, 5) is 0. The van der Waals surface area contributed by atoms with Crippen LogP contribution in [0.25, 0.3) is 10.9 Å². The number of aromatic amines is 1. The number of rotatable bonds is 11. The van der Waals surface area contributed by atoms with Gasteiger partial charge >= 0.3 is 0 Å². The number of nitrogens with zero attached hydrogens (tertiary/aromatic N) is 1. The first-order valence-electron chi connectivity index (χ1n) is 9.84. The SMILES string of the molecule is CCc1[nH]nc2cc(OCCNC[C@H](O)c3cccc(NS(=O)CC)c3)ccc12. The van der Waals surface area contributed by atoms with Crippen molar-refractivity contribution in [2.75, 3.05) is 30.2 Å². The van der Waals surface area contributed by atoms with E-state index < -0.39 is 17.1 Å². The Hall–Kier alpha value is -2.42. The summed E-state index contributed by atoms with van der Waals surface area (Å²) in [5.41, 5.74) is 3.54. The first kappa shape index (κ1) is 21.3. The zero-order chi connectivity index (χ0) is 20.6. The largest absolute Gasteiger partial charge is 0.492 e. The molecule has 0 amide bonds. The molecule has 2 atom stereocenters. The Labute approximate surface area is 173 Å². The first-order chi connectivity index (χ1) is 14.1. The quantitative estimate of drug-likeness (QED) is 0.360. The van der Waals surface area contributed by atoms with Gasteiger partial charge in [-0.25, -0.2) is 4.21 Å². The Morgan fingerprint density at radius 1 is 1.24 bits per heavy atom. The molecule has 7 nitrogen and oxygen atoms in total. The van der Waals surface area contributed by atoms with E-state index in [2.05, 4.69) is 27.2 Å². The number of aliphatic hydroxyl groups is 1. The van der Waals surface area contributed by atoms with E-state index in [4.69, 9.17) is 4.74 Å². The summed E-state index contributed by atoms with van der Waals surface area (Å²) < 4.78 is 20.3. The van der Waals surface area contributed by atoms with Gasteiger partial charge in [0, 0.05) is 41.7 Å². The second-order valence-corrected chi connectivity index (χ2v) is 8.14. The molecule has 3 rings (SSSR count). The van der Waals surface area contributed by atoms with Crippen LogP contribution < -0.4 is 14.8 Å². The summed E-state index contributed by atoms with van der Waals surface area (Å²) in [6.07, 6.45) is 0.262. The molecule has 1 aromatic heterocycles. The number of hydrogen-bond acceptors (Lipinski definition) is 5. The lowest BCUT2D eigenvalue weighted by Gasteiger charge is -2.14. The van der Waals surface area contributed by atoms with Gasteiger partial charge in [0.15, 0.2) is 0 Å². The van der Waals surface area contributed by atoms with Crippen molar-refractivity contribution < 1.29 is 14.1 Å². The van der Waals surface area contributed by atoms with E-state index in [1.807, 2.05) is 49.4 Å². The maximum absolute atomic E-state index is 11.6. The fraction of sp³-hybridized carbons (Fsp3) is 0.381. The van der Waals surface area contributed by atoms with Crippen molar-refractivity contribution >= 4 is 27.6 Å². The van der Waals surface area contributed by atoms with Crippen LogP contribution in [0, 0.1) is 0 Å². The van der Waals surface area contributed by atoms with Crippen LogP contribution in [-0.2, 0) is 17.4 Å². The molecule has 1 heterocycles. The number of hydrogen-bond donors (Lipinski definition) is 4. The van der Waals surface area contributed by atoms with E-state index in [0.29, 0.717) is 25.4 Å². The molecule has 4 N–H and O–H groups in total. The smallest absolute Gasteiger partial charge is 0.121 e. The second kappa shape index (κ2) is 10.4. The number of benzene rings is 2. The number of ether oxygens (including phenoxy) is 1. The maximum atomic E-state index is 11.6. The Balaban J connectivity index is 1.43. The molecule has 29 heavy (non-hydrogen) atoms. The van der Waals surface area contributed by atoms with E-state index >= 15 is 0 Å². The molecular formula is C21H28N4O3S. The highest BCUT2D eigenvalue weighted by Gasteiger charge is 2.09. The van der Waals surface area contributed by atoms with Crippen LogP contribution in [0.3, 0.4) is 0 Å². The Morgan fingerprint density at radius 3 is 2.90 bits per heavy atom. The van der Waals surface area contributed by atoms with Crippen LogP contribution in [0.1, 0.15) is 31.2 Å². The number of fused-ring (bicyclic) bond motifs is 1. The van der Waals surface area contributed by atoms with Gasteiger partial charge in [0.1, 0.15) is 23.3 Å². The van der Waals surface area contributed by atoms with Crippen molar-refractivity contribution in [3.8, 4) is 5.75 Å². The fourth-order valence-corrected chi connectivity index (χ4v) is 3.55. The van der Waals surface area contributed by atoms with Gasteiger partial charge in [-0.3, -0.25) is 5.10 Å². The Morgan fingerprint density at radius 2 is 2.10 bits per heavy atom. The molecule has 8 heteroatoms. The summed E-state index contributed by atoms with van der Waals surface area (Å²) in [6.45, 7) is 5.44. The highest BCUT2D eigenvalue weighted by Crippen LogP contribution is 2.22. The minimum atomic E-state index is -1.10. The van der Waals surface area contributed by atoms with E-state index in [0.717, 1.165) is 40.0 Å². The predicted octanol–water partition coefficient (Wildman–Crippen LogP) is 2.92. The molecule has 2 aromatic carbocycles. The highest BCUT2D eigenvalue weighted by molar-refractivity contribution is 7.86. The lowest BCUT2D eigenvalue weighted by Crippen LogP contribution is -2.26. The number of H-pyrrole nitrogens is 1. The van der Waals surface area contributed by atoms with E-state index in [9.17, 15) is 9.32 Å². The minimum Gasteiger partial charge on any atom is -0.492 e. The normalized spacial score (nSPS) is 13.3. The first-order valence-corrected chi connectivity index (χ1v) is 11.2. The topological polar surface area (TPSA) is 99.3 Å². The van der Waals surface area contributed by atoms with E-state index in [1.165, 1.54) is 0 Å². The van der Waals surface area contributed by atoms with Gasteiger partial charge in [-0.15, -0.1) is 0 Å². The molecule has 0 fully saturated rings. The third-order valence-corrected chi connectivity index (χ3v) is 5.60. The zero-order valence-electron chi connectivity index (χ0n) is 16.8. The molecule has 0 aliphatic heterocycles. The summed E-state index contributed by atoms with van der Waals surface area (Å²) in [5.74, 6) is 1.30. The number of aliphatic hydroxyl groups excluding tert-OH is 1. The van der Waals surface area contributed by atoms with E-state index in [-0.39, 0.29) is 0 Å². The lowest BCUT2D eigenvalue weighted by atomic mass is 10.1. The molecular weight excluding hydrogens is 388 g/mol. The van der Waals surface area contributed by atoms with Gasteiger partial charge in [0.25, 0.3) is 0 Å². The predicted molar refractivity (Wildman–Crippen MR) is 118 cm³/mol. The summed E-state index contributed by atoms with van der Waals surface area (Å²) in [7, 11) is -1.10. The Bertz CT molecular complexity index is 960. The molecule has 0 aliphatic carbocycles. The van der Waals surface area contributed by atoms with Crippen LogP contribution in [0.5, 0.6) is 5.75 Å². The van der Waals surface area contributed by atoms with Crippen molar-refractivity contribution in [1.82, 2.24) is 15.5 Å². The average Bonchev–Trinajstić information content (AvgIpc) is 3.15. The van der Waals surface area contributed by atoms with Gasteiger partial charge in [-0.2, -0.15) is 5.10 Å². The summed E-state index contributed by atoms with van der Waals surface area (Å²) in [5, 5.41) is 22.1. The van der Waals surface area contributed by atoms with Gasteiger partial charge in [0.2, 0.25) is 0 Å². The highest BCUT2D eigenvalue weighted by atomic mass is 32.2. The third-order valence-electron chi connectivity index (χ3n) is 4.61. The molecule has 0 saturated heterocycles. The van der Waals surface area contributed by atoms with E-state index in [1.54, 1.807) is 0 Å². The fourth-order valence-electron chi connectivity index (χ4n) is 3.02. The van der Waals surface area contributed by atoms with Crippen molar-refractivity contribution in [3.05, 3.63) is 53.7 Å². The Kier molecular flexibility index (Phi) is 7.62. The van der Waals surface area contributed by atoms with Crippen LogP contribution >= 0.6 is 0 Å². The summed E-state index contributed by atoms with van der Waals surface area (Å²) in [6, 6.07) is 13.3. The van der Waals surface area contributed by atoms with Crippen molar-refractivity contribution in [2.24, 2.45) is 0 Å². The average molecular weight is 417 g/mol. The molecule has 3 aromatic rings. The molecule has 0 radical (unpaired) electrons. The minimum absolute atomic E-state index is 0.405. The van der Waals surface area contributed by atoms with Crippen LogP contribution in [0.15, 0.2) is 42.5 Å². The zero-order valence-corrected chi connectivity index (χ0v) is 17.6. The molecule has 0 saturated carbocycles. The van der Waals surface area contributed by atoms with Crippen molar-refractivity contribution in [3.63, 3.8) is 0 Å². The summed E-state index contributed by atoms with van der Waals surface area (Å²) >= 11 is 0. The molecule has 0 aliphatic rings. The molecule has 156 valence electrons. The number of aromatic nitrogens is 2. The maximum Gasteiger partial charge on any atom is 0.121 e. The number of nitrogens with one attached hydrogen (secondary N) is 3. The van der Waals surface area contributed by atoms with Crippen LogP contribution in [-0.4, -0.2) is 45.0 Å². The lowest BCUT2D eigenvalue weighted by molar-refractivity contribution is 0.172. The number of anilines is 1. The van der Waals surface area contributed by atoms with Gasteiger partial charge < -0.3 is 19.9 Å². The molecule has 1 unspecified atom stereocenters. The van der Waals surface area contributed by atoms with Crippen molar-refractivity contribution in [1.29, 1.82) is 0 Å². The monoisotopic (exact) mass is 416 g/mol. The van der Waals surface area contributed by atoms with Crippen LogP contribution in [0.2, 0.25) is 0 Å². The van der Waals surface area contributed by atoms with Crippen LogP contribution in [0.4, 0.5) is 5.69 Å². The van der Waals surface area contributed by atoms with Gasteiger partial charge in [0.05, 0.1) is 11.6 Å². The third kappa shape index (κ3) is 5.79. The molecule has 0 bridgehead atoms. The number of aryl methyl sites for hydroxylation is 1. The van der Waals surface area contributed by atoms with Gasteiger partial charge in [-0.05, 0) is 36.2 Å².